The Kier molecular flexibility index (Phi) is 4.20. The first-order valence-electron chi connectivity index (χ1n) is 6.44. The molecular formula is C14H20N2O2. The van der Waals surface area contributed by atoms with Crippen LogP contribution in [-0.2, 0) is 11.2 Å². The molecule has 0 radical (unpaired) electrons. The largest absolute Gasteiger partial charge is 0.491 e. The van der Waals surface area contributed by atoms with Gasteiger partial charge in [0.1, 0.15) is 5.75 Å². The Morgan fingerprint density at radius 3 is 3.00 bits per heavy atom. The molecule has 0 fully saturated rings. The zero-order valence-corrected chi connectivity index (χ0v) is 10.8. The molecule has 0 saturated heterocycles. The van der Waals surface area contributed by atoms with Gasteiger partial charge in [-0.3, -0.25) is 4.79 Å². The molecule has 2 N–H and O–H groups in total. The van der Waals surface area contributed by atoms with Crippen LogP contribution < -0.4 is 15.4 Å². The maximum absolute atomic E-state index is 11.8. The molecule has 1 amide bonds. The summed E-state index contributed by atoms with van der Waals surface area (Å²) in [4.78, 5) is 13.5. The van der Waals surface area contributed by atoms with E-state index in [0.29, 0.717) is 13.0 Å². The van der Waals surface area contributed by atoms with E-state index in [2.05, 4.69) is 12.1 Å². The molecule has 1 heterocycles. The Labute approximate surface area is 108 Å². The van der Waals surface area contributed by atoms with Gasteiger partial charge in [0.15, 0.2) is 0 Å². The van der Waals surface area contributed by atoms with Crippen molar-refractivity contribution in [2.24, 2.45) is 5.73 Å². The predicted octanol–water partition coefficient (Wildman–Crippen LogP) is 1.71. The molecule has 4 heteroatoms. The minimum Gasteiger partial charge on any atom is -0.491 e. The van der Waals surface area contributed by atoms with Crippen LogP contribution in [0.3, 0.4) is 0 Å². The van der Waals surface area contributed by atoms with E-state index >= 15 is 0 Å². The molecule has 1 aromatic carbocycles. The monoisotopic (exact) mass is 248 g/mol. The Balaban J connectivity index is 2.18. The number of carbonyl (C=O) groups excluding carboxylic acids is 1. The lowest BCUT2D eigenvalue weighted by atomic mass is 10.1. The Bertz CT molecular complexity index is 432. The topological polar surface area (TPSA) is 55.6 Å². The number of unbranched alkanes of at least 4 members (excludes halogenated alkanes) is 1. The van der Waals surface area contributed by atoms with Crippen LogP contribution in [0.2, 0.25) is 0 Å². The van der Waals surface area contributed by atoms with Crippen LogP contribution >= 0.6 is 0 Å². The normalized spacial score (nSPS) is 15.0. The number of nitrogens with zero attached hydrogens (tertiary/aromatic N) is 1. The summed E-state index contributed by atoms with van der Waals surface area (Å²) in [5.41, 5.74) is 7.60. The van der Waals surface area contributed by atoms with Crippen molar-refractivity contribution in [1.82, 2.24) is 0 Å². The second kappa shape index (κ2) is 5.87. The highest BCUT2D eigenvalue weighted by Crippen LogP contribution is 2.31. The van der Waals surface area contributed by atoms with Crippen molar-refractivity contribution in [3.63, 3.8) is 0 Å². The fourth-order valence-corrected chi connectivity index (χ4v) is 2.13. The summed E-state index contributed by atoms with van der Waals surface area (Å²) in [5.74, 6) is 0.902. The summed E-state index contributed by atoms with van der Waals surface area (Å²) in [6.07, 6.45) is 3.54. The molecule has 0 aromatic heterocycles. The van der Waals surface area contributed by atoms with Crippen molar-refractivity contribution in [2.45, 2.75) is 25.7 Å². The van der Waals surface area contributed by atoms with Crippen LogP contribution in [0.4, 0.5) is 5.69 Å². The highest BCUT2D eigenvalue weighted by molar-refractivity contribution is 5.95. The lowest BCUT2D eigenvalue weighted by Gasteiger charge is -2.17. The molecule has 0 bridgehead atoms. The molecule has 0 unspecified atom stereocenters. The first-order chi connectivity index (χ1) is 8.72. The molecule has 4 nitrogen and oxygen atoms in total. The summed E-state index contributed by atoms with van der Waals surface area (Å²) in [5, 5.41) is 0. The number of rotatable bonds is 4. The molecule has 1 aliphatic rings. The summed E-state index contributed by atoms with van der Waals surface area (Å²) in [6, 6.07) is 6.08. The summed E-state index contributed by atoms with van der Waals surface area (Å²) >= 11 is 0. The second-order valence-corrected chi connectivity index (χ2v) is 4.60. The molecule has 0 saturated carbocycles. The number of amides is 1. The van der Waals surface area contributed by atoms with E-state index in [9.17, 15) is 4.79 Å². The van der Waals surface area contributed by atoms with Crippen molar-refractivity contribution >= 4 is 11.6 Å². The number of benzene rings is 1. The van der Waals surface area contributed by atoms with Gasteiger partial charge in [0, 0.05) is 7.05 Å². The smallest absolute Gasteiger partial charge is 0.230 e. The number of aryl methyl sites for hydroxylation is 1. The fourth-order valence-electron chi connectivity index (χ4n) is 2.13. The van der Waals surface area contributed by atoms with Gasteiger partial charge >= 0.3 is 0 Å². The maximum atomic E-state index is 11.8. The third-order valence-electron chi connectivity index (χ3n) is 3.25. The molecule has 1 aliphatic heterocycles. The summed E-state index contributed by atoms with van der Waals surface area (Å²) < 4.78 is 5.59. The number of carbonyl (C=O) groups is 1. The molecule has 0 aliphatic carbocycles. The number of hydrogen-bond donors (Lipinski definition) is 1. The van der Waals surface area contributed by atoms with Crippen LogP contribution in [0, 0.1) is 0 Å². The van der Waals surface area contributed by atoms with Crippen LogP contribution in [0.5, 0.6) is 5.75 Å². The van der Waals surface area contributed by atoms with E-state index in [4.69, 9.17) is 10.5 Å². The Morgan fingerprint density at radius 1 is 1.39 bits per heavy atom. The zero-order chi connectivity index (χ0) is 13.0. The average Bonchev–Trinajstić information content (AvgIpc) is 2.51. The fraction of sp³-hybridized carbons (Fsp3) is 0.500. The van der Waals surface area contributed by atoms with E-state index in [1.807, 2.05) is 6.07 Å². The van der Waals surface area contributed by atoms with Crippen LogP contribution in [-0.4, -0.2) is 26.1 Å². The van der Waals surface area contributed by atoms with Gasteiger partial charge in [-0.25, -0.2) is 0 Å². The zero-order valence-electron chi connectivity index (χ0n) is 10.8. The van der Waals surface area contributed by atoms with Gasteiger partial charge in [0.05, 0.1) is 18.7 Å². The lowest BCUT2D eigenvalue weighted by Crippen LogP contribution is -2.25. The standard InChI is InChI=1S/C14H20N2O2/c1-16-12-10-11(4-2-3-8-15)5-6-13(12)18-9-7-14(16)17/h5-6,10H,2-4,7-9,15H2,1H3. The van der Waals surface area contributed by atoms with Gasteiger partial charge in [-0.1, -0.05) is 6.07 Å². The number of anilines is 1. The van der Waals surface area contributed by atoms with Crippen LogP contribution in [0.1, 0.15) is 24.8 Å². The van der Waals surface area contributed by atoms with E-state index < -0.39 is 0 Å². The molecule has 0 spiro atoms. The third-order valence-corrected chi connectivity index (χ3v) is 3.25. The van der Waals surface area contributed by atoms with Gasteiger partial charge in [0.2, 0.25) is 5.91 Å². The molecule has 18 heavy (non-hydrogen) atoms. The van der Waals surface area contributed by atoms with Gasteiger partial charge in [0.25, 0.3) is 0 Å². The first kappa shape index (κ1) is 12.9. The van der Waals surface area contributed by atoms with Crippen molar-refractivity contribution in [1.29, 1.82) is 0 Å². The maximum Gasteiger partial charge on any atom is 0.230 e. The van der Waals surface area contributed by atoms with Gasteiger partial charge in [-0.15, -0.1) is 0 Å². The second-order valence-electron chi connectivity index (χ2n) is 4.60. The van der Waals surface area contributed by atoms with E-state index in [1.54, 1.807) is 11.9 Å². The van der Waals surface area contributed by atoms with Gasteiger partial charge in [-0.05, 0) is 43.5 Å². The lowest BCUT2D eigenvalue weighted by molar-refractivity contribution is -0.118. The SMILES string of the molecule is CN1C(=O)CCOc2ccc(CCCCN)cc21. The van der Waals surface area contributed by atoms with Crippen molar-refractivity contribution in [2.75, 3.05) is 25.1 Å². The summed E-state index contributed by atoms with van der Waals surface area (Å²) in [7, 11) is 1.81. The highest BCUT2D eigenvalue weighted by Gasteiger charge is 2.19. The molecule has 2 rings (SSSR count). The van der Waals surface area contributed by atoms with Gasteiger partial charge in [-0.2, -0.15) is 0 Å². The van der Waals surface area contributed by atoms with Crippen LogP contribution in [0.25, 0.3) is 0 Å². The molecule has 98 valence electrons. The molecular weight excluding hydrogens is 228 g/mol. The summed E-state index contributed by atoms with van der Waals surface area (Å²) in [6.45, 7) is 1.19. The van der Waals surface area contributed by atoms with Crippen molar-refractivity contribution in [3.8, 4) is 5.75 Å². The minimum atomic E-state index is 0.104. The van der Waals surface area contributed by atoms with Gasteiger partial charge < -0.3 is 15.4 Å². The third kappa shape index (κ3) is 2.82. The molecule has 1 aromatic rings. The van der Waals surface area contributed by atoms with E-state index in [1.165, 1.54) is 5.56 Å². The number of ether oxygens (including phenoxy) is 1. The average molecular weight is 248 g/mol. The van der Waals surface area contributed by atoms with Crippen molar-refractivity contribution in [3.05, 3.63) is 23.8 Å². The van der Waals surface area contributed by atoms with Crippen LogP contribution in [0.15, 0.2) is 18.2 Å². The van der Waals surface area contributed by atoms with E-state index in [0.717, 1.165) is 37.2 Å². The quantitative estimate of drug-likeness (QED) is 0.825. The number of nitrogens with two attached hydrogens (primary N) is 1. The van der Waals surface area contributed by atoms with E-state index in [-0.39, 0.29) is 5.91 Å². The molecule has 0 atom stereocenters. The van der Waals surface area contributed by atoms with Crippen molar-refractivity contribution < 1.29 is 9.53 Å². The Morgan fingerprint density at radius 2 is 2.22 bits per heavy atom. The number of hydrogen-bond acceptors (Lipinski definition) is 3. The number of fused-ring (bicyclic) bond motifs is 1. The first-order valence-corrected chi connectivity index (χ1v) is 6.44. The highest BCUT2D eigenvalue weighted by atomic mass is 16.5. The predicted molar refractivity (Wildman–Crippen MR) is 72.0 cm³/mol. The minimum absolute atomic E-state index is 0.104. The Hall–Kier alpha value is -1.55.